The molecule has 0 radical (unpaired) electrons. The monoisotopic (exact) mass is 970 g/mol. The number of methoxy groups -OCH3 is 2. The highest BCUT2D eigenvalue weighted by molar-refractivity contribution is 6.07. The van der Waals surface area contributed by atoms with Crippen LogP contribution in [0.15, 0.2) is 85.1 Å². The summed E-state index contributed by atoms with van der Waals surface area (Å²) in [5, 5.41) is 5.71. The predicted molar refractivity (Wildman–Crippen MR) is 259 cm³/mol. The van der Waals surface area contributed by atoms with Crippen LogP contribution in [0.25, 0.3) is 10.9 Å². The van der Waals surface area contributed by atoms with Gasteiger partial charge >= 0.3 is 6.09 Å². The van der Waals surface area contributed by atoms with Crippen LogP contribution in [0.3, 0.4) is 0 Å². The van der Waals surface area contributed by atoms with Gasteiger partial charge in [0.15, 0.2) is 24.1 Å². The van der Waals surface area contributed by atoms with Gasteiger partial charge in [0.2, 0.25) is 11.8 Å². The van der Waals surface area contributed by atoms with Gasteiger partial charge in [0.25, 0.3) is 11.8 Å². The number of hydrogen-bond donors (Lipinski definition) is 2. The zero-order valence-corrected chi connectivity index (χ0v) is 39.8. The van der Waals surface area contributed by atoms with Crippen molar-refractivity contribution in [2.75, 3.05) is 52.3 Å². The Morgan fingerprint density at radius 1 is 0.845 bits per heavy atom. The number of aldehydes is 2. The molecule has 0 saturated carbocycles. The van der Waals surface area contributed by atoms with Crippen LogP contribution >= 0.6 is 0 Å². The van der Waals surface area contributed by atoms with Gasteiger partial charge in [0.05, 0.1) is 44.4 Å². The third kappa shape index (κ3) is 10.0. The van der Waals surface area contributed by atoms with Crippen molar-refractivity contribution in [3.63, 3.8) is 0 Å². The average Bonchev–Trinajstić information content (AvgIpc) is 3.73. The number of nitrogens with one attached hydrogen (secondary N) is 2. The molecule has 4 amide bonds. The lowest BCUT2D eigenvalue weighted by Gasteiger charge is -2.49. The molecule has 5 atom stereocenters. The maximum Gasteiger partial charge on any atom is 0.410 e. The molecular formula is C54H56F2N6O9. The zero-order chi connectivity index (χ0) is 50.0. The molecule has 2 fully saturated rings. The number of nitrogens with zero attached hydrogens (tertiary/aromatic N) is 4. The minimum atomic E-state index is -3.33. The molecule has 9 rings (SSSR count). The van der Waals surface area contributed by atoms with E-state index in [4.69, 9.17) is 14.2 Å². The van der Waals surface area contributed by atoms with Crippen molar-refractivity contribution in [1.82, 2.24) is 25.0 Å². The number of halogens is 2. The van der Waals surface area contributed by atoms with Crippen molar-refractivity contribution in [2.45, 2.75) is 76.1 Å². The summed E-state index contributed by atoms with van der Waals surface area (Å²) in [6.07, 6.45) is 5.29. The van der Waals surface area contributed by atoms with Crippen molar-refractivity contribution in [3.05, 3.63) is 130 Å². The number of ether oxygens (including phenoxy) is 3. The zero-order valence-electron chi connectivity index (χ0n) is 39.8. The molecule has 5 heterocycles. The molecule has 5 aromatic rings. The number of benzene rings is 4. The minimum absolute atomic E-state index is 0.0486. The highest BCUT2D eigenvalue weighted by atomic mass is 19.3. The van der Waals surface area contributed by atoms with Crippen molar-refractivity contribution >= 4 is 53.0 Å². The summed E-state index contributed by atoms with van der Waals surface area (Å²) < 4.78 is 47.0. The smallest absolute Gasteiger partial charge is 0.410 e. The first-order valence-corrected chi connectivity index (χ1v) is 24.0. The van der Waals surface area contributed by atoms with E-state index in [9.17, 15) is 37.5 Å². The van der Waals surface area contributed by atoms with E-state index >= 15 is 0 Å². The normalized spacial score (nSPS) is 21.3. The summed E-state index contributed by atoms with van der Waals surface area (Å²) in [5.41, 5.74) is 6.69. The van der Waals surface area contributed by atoms with Gasteiger partial charge in [-0.3, -0.25) is 33.9 Å². The van der Waals surface area contributed by atoms with E-state index in [-0.39, 0.29) is 35.9 Å². The van der Waals surface area contributed by atoms with Gasteiger partial charge in [-0.25, -0.2) is 13.6 Å². The molecule has 370 valence electrons. The minimum Gasteiger partial charge on any atom is -0.493 e. The second-order valence-electron chi connectivity index (χ2n) is 18.8. The third-order valence-electron chi connectivity index (χ3n) is 14.8. The summed E-state index contributed by atoms with van der Waals surface area (Å²) >= 11 is 0. The molecule has 5 unspecified atom stereocenters. The Balaban J connectivity index is 0.866. The van der Waals surface area contributed by atoms with Crippen molar-refractivity contribution in [2.24, 2.45) is 11.8 Å². The Labute approximate surface area is 409 Å². The van der Waals surface area contributed by atoms with E-state index in [0.717, 1.165) is 72.1 Å². The number of carbonyl (C=O) groups excluding carboxylic acids is 6. The van der Waals surface area contributed by atoms with Crippen molar-refractivity contribution in [3.8, 4) is 11.5 Å². The van der Waals surface area contributed by atoms with E-state index in [1.165, 1.54) is 12.3 Å². The fourth-order valence-electron chi connectivity index (χ4n) is 11.1. The standard InChI is InChI=1S/C54H56F2N6O9/c1-4-33-27-60-17-14-34-19-37(28-63)38(29-64)20-42(34)45(60)21-36(33)22-46-43-24-49(70-3)48(69-2)23-35(43)15-18-61(46)53(68)71-30-32-9-11-39(12-10-32)59-52(67)47-25-54(55,56)31-62(47)50(65)26-58-51(66)41-13-16-57-44-8-6-5-7-40(41)44/h5-13,16,19-20,23-24,28-29,33,36,45-47H,4,14-15,17-18,21-22,25-27,30-31H2,1-3H3,(H,58,66)(H,59,67). The molecule has 4 aromatic carbocycles. The molecule has 4 aliphatic rings. The summed E-state index contributed by atoms with van der Waals surface area (Å²) in [4.78, 5) is 87.3. The van der Waals surface area contributed by atoms with E-state index < -0.39 is 55.3 Å². The quantitative estimate of drug-likeness (QED) is 0.104. The van der Waals surface area contributed by atoms with E-state index in [1.54, 1.807) is 67.7 Å². The van der Waals surface area contributed by atoms with Crippen LogP contribution < -0.4 is 20.1 Å². The van der Waals surface area contributed by atoms with Crippen molar-refractivity contribution in [1.29, 1.82) is 0 Å². The molecule has 4 aliphatic heterocycles. The van der Waals surface area contributed by atoms with Crippen LogP contribution in [0.1, 0.15) is 104 Å². The van der Waals surface area contributed by atoms with Gasteiger partial charge in [-0.2, -0.15) is 0 Å². The number of pyridine rings is 1. The van der Waals surface area contributed by atoms with Crippen LogP contribution in [0.5, 0.6) is 11.5 Å². The fraction of sp³-hybridized carbons (Fsp3) is 0.389. The number of likely N-dealkylation sites (tertiary alicyclic amines) is 1. The fourth-order valence-corrected chi connectivity index (χ4v) is 11.1. The van der Waals surface area contributed by atoms with Gasteiger partial charge in [0, 0.05) is 60.5 Å². The Bertz CT molecular complexity index is 2870. The molecule has 1 aromatic heterocycles. The lowest BCUT2D eigenvalue weighted by atomic mass is 9.72. The van der Waals surface area contributed by atoms with Gasteiger partial charge in [-0.15, -0.1) is 0 Å². The molecule has 2 N–H and O–H groups in total. The summed E-state index contributed by atoms with van der Waals surface area (Å²) in [6.45, 7) is 2.63. The summed E-state index contributed by atoms with van der Waals surface area (Å²) in [5.74, 6) is -3.90. The van der Waals surface area contributed by atoms with Crippen LogP contribution in [-0.4, -0.2) is 115 Å². The van der Waals surface area contributed by atoms with Gasteiger partial charge in [-0.1, -0.05) is 43.7 Å². The SMILES string of the molecule is CCC1CN2CCc3cc(C=O)c(C=O)cc3C2CC1CC1c2cc(OC)c(OC)cc2CCN1C(=O)OCc1ccc(NC(=O)C2CC(F)(F)CN2C(=O)CNC(=O)c2ccnc3ccccc23)cc1. The highest BCUT2D eigenvalue weighted by Crippen LogP contribution is 2.48. The number of aromatic nitrogens is 1. The van der Waals surface area contributed by atoms with Gasteiger partial charge in [0.1, 0.15) is 12.6 Å². The van der Waals surface area contributed by atoms with Gasteiger partial charge < -0.3 is 34.6 Å². The van der Waals surface area contributed by atoms with E-state index in [2.05, 4.69) is 27.4 Å². The lowest BCUT2D eigenvalue weighted by molar-refractivity contribution is -0.136. The number of hydrogen-bond acceptors (Lipinski definition) is 11. The maximum absolute atomic E-state index is 14.8. The molecule has 2 saturated heterocycles. The first kappa shape index (κ1) is 48.7. The third-order valence-corrected chi connectivity index (χ3v) is 14.8. The van der Waals surface area contributed by atoms with E-state index in [1.807, 2.05) is 24.3 Å². The number of piperidine rings is 1. The Morgan fingerprint density at radius 2 is 1.56 bits per heavy atom. The Hall–Kier alpha value is -7.27. The van der Waals surface area contributed by atoms with Crippen LogP contribution in [0.4, 0.5) is 19.3 Å². The number of amides is 4. The van der Waals surface area contributed by atoms with Gasteiger partial charge in [-0.05, 0) is 114 Å². The highest BCUT2D eigenvalue weighted by Gasteiger charge is 2.50. The number of anilines is 1. The number of fused-ring (bicyclic) bond motifs is 5. The number of alkyl halides is 2. The number of rotatable bonds is 14. The molecular weight excluding hydrogens is 915 g/mol. The average molecular weight is 971 g/mol. The van der Waals surface area contributed by atoms with Crippen LogP contribution in [0.2, 0.25) is 0 Å². The number of carbonyl (C=O) groups is 6. The summed E-state index contributed by atoms with van der Waals surface area (Å²) in [6, 6.07) is 20.8. The summed E-state index contributed by atoms with van der Waals surface area (Å²) in [7, 11) is 3.17. The Morgan fingerprint density at radius 3 is 2.31 bits per heavy atom. The second-order valence-corrected chi connectivity index (χ2v) is 18.8. The van der Waals surface area contributed by atoms with Crippen LogP contribution in [0, 0.1) is 11.8 Å². The molecule has 0 aliphatic carbocycles. The van der Waals surface area contributed by atoms with Crippen molar-refractivity contribution < 1.29 is 51.8 Å². The number of para-hydroxylation sites is 1. The topological polar surface area (TPSA) is 177 Å². The first-order valence-electron chi connectivity index (χ1n) is 24.0. The largest absolute Gasteiger partial charge is 0.493 e. The predicted octanol–water partition coefficient (Wildman–Crippen LogP) is 7.75. The Kier molecular flexibility index (Phi) is 14.1. The molecule has 15 nitrogen and oxygen atoms in total. The molecule has 0 bridgehead atoms. The molecule has 71 heavy (non-hydrogen) atoms. The first-order chi connectivity index (χ1) is 34.3. The maximum atomic E-state index is 14.8. The molecule has 0 spiro atoms. The molecule has 17 heteroatoms. The second kappa shape index (κ2) is 20.6. The van der Waals surface area contributed by atoms with Crippen LogP contribution in [-0.2, 0) is 33.8 Å². The lowest BCUT2D eigenvalue weighted by Crippen LogP contribution is -2.48. The van der Waals surface area contributed by atoms with E-state index in [0.29, 0.717) is 64.4 Å².